The monoisotopic (exact) mass is 434 g/mol. The highest BCUT2D eigenvalue weighted by molar-refractivity contribution is 5.33. The molecule has 1 aromatic rings. The van der Waals surface area contributed by atoms with Crippen LogP contribution in [0.4, 0.5) is 8.78 Å². The normalized spacial score (nSPS) is 26.7. The van der Waals surface area contributed by atoms with Crippen molar-refractivity contribution < 1.29 is 13.5 Å². The van der Waals surface area contributed by atoms with Gasteiger partial charge in [-0.1, -0.05) is 71.3 Å². The topological polar surface area (TPSA) is 9.23 Å². The van der Waals surface area contributed by atoms with Crippen LogP contribution in [0.3, 0.4) is 0 Å². The summed E-state index contributed by atoms with van der Waals surface area (Å²) >= 11 is 0. The first kappa shape index (κ1) is 24.5. The molecular weight excluding hydrogens is 390 g/mol. The number of hydrogen-bond donors (Lipinski definition) is 0. The first-order chi connectivity index (χ1) is 15.1. The van der Waals surface area contributed by atoms with Gasteiger partial charge in [0.1, 0.15) is 0 Å². The van der Waals surface area contributed by atoms with Crippen LogP contribution in [0.25, 0.3) is 0 Å². The van der Waals surface area contributed by atoms with E-state index in [0.717, 1.165) is 49.9 Å². The smallest absolute Gasteiger partial charge is 0.200 e. The summed E-state index contributed by atoms with van der Waals surface area (Å²) in [5.74, 6) is 1.37. The molecule has 2 saturated carbocycles. The van der Waals surface area contributed by atoms with E-state index >= 15 is 0 Å². The molecule has 2 aliphatic carbocycles. The van der Waals surface area contributed by atoms with E-state index in [2.05, 4.69) is 13.8 Å². The molecule has 1 aromatic carbocycles. The summed E-state index contributed by atoms with van der Waals surface area (Å²) in [4.78, 5) is 0. The fourth-order valence-electron chi connectivity index (χ4n) is 6.04. The molecule has 31 heavy (non-hydrogen) atoms. The Labute approximate surface area is 189 Å². The van der Waals surface area contributed by atoms with Gasteiger partial charge >= 0.3 is 0 Å². The standard InChI is InChI=1S/C28H44F2O/c1-3-5-7-9-21-10-12-22(13-11-21)23-14-16-24(17-15-23)25-18-19-26(28(30)27(25)29)31-20-8-6-4-2/h18-19,21-24H,3-17,20H2,1-2H3/t21-,22-,23?,24?. The molecule has 0 saturated heterocycles. The molecule has 0 spiro atoms. The molecule has 176 valence electrons. The maximum absolute atomic E-state index is 14.8. The summed E-state index contributed by atoms with van der Waals surface area (Å²) in [6.07, 6.45) is 18.5. The maximum Gasteiger partial charge on any atom is 0.200 e. The molecule has 0 N–H and O–H groups in total. The van der Waals surface area contributed by atoms with Crippen LogP contribution in [0.15, 0.2) is 12.1 Å². The summed E-state index contributed by atoms with van der Waals surface area (Å²) in [6.45, 7) is 4.85. The minimum absolute atomic E-state index is 0.0711. The number of hydrogen-bond acceptors (Lipinski definition) is 1. The van der Waals surface area contributed by atoms with Gasteiger partial charge in [-0.05, 0) is 80.2 Å². The van der Waals surface area contributed by atoms with E-state index in [1.54, 1.807) is 12.1 Å². The lowest BCUT2D eigenvalue weighted by Crippen LogP contribution is -2.25. The Morgan fingerprint density at radius 2 is 1.35 bits per heavy atom. The van der Waals surface area contributed by atoms with Crippen molar-refractivity contribution in [3.8, 4) is 5.75 Å². The van der Waals surface area contributed by atoms with Crippen LogP contribution in [0.1, 0.15) is 122 Å². The van der Waals surface area contributed by atoms with E-state index in [9.17, 15) is 8.78 Å². The Hall–Kier alpha value is -1.12. The summed E-state index contributed by atoms with van der Waals surface area (Å²) in [5.41, 5.74) is 0.566. The van der Waals surface area contributed by atoms with E-state index in [1.807, 2.05) is 0 Å². The minimum Gasteiger partial charge on any atom is -0.490 e. The van der Waals surface area contributed by atoms with Crippen LogP contribution < -0.4 is 4.74 Å². The lowest BCUT2D eigenvalue weighted by molar-refractivity contribution is 0.155. The van der Waals surface area contributed by atoms with Gasteiger partial charge in [0, 0.05) is 0 Å². The molecular formula is C28H44F2O. The van der Waals surface area contributed by atoms with Gasteiger partial charge in [-0.2, -0.15) is 4.39 Å². The van der Waals surface area contributed by atoms with Crippen LogP contribution in [0, 0.1) is 29.4 Å². The summed E-state index contributed by atoms with van der Waals surface area (Å²) < 4.78 is 34.8. The molecule has 0 amide bonds. The van der Waals surface area contributed by atoms with E-state index in [-0.39, 0.29) is 11.7 Å². The molecule has 0 radical (unpaired) electrons. The zero-order valence-corrected chi connectivity index (χ0v) is 19.9. The van der Waals surface area contributed by atoms with Gasteiger partial charge in [0.2, 0.25) is 5.82 Å². The van der Waals surface area contributed by atoms with Crippen LogP contribution in [0.5, 0.6) is 5.75 Å². The second-order valence-corrected chi connectivity index (χ2v) is 10.2. The second kappa shape index (κ2) is 12.8. The predicted octanol–water partition coefficient (Wildman–Crippen LogP) is 9.19. The quantitative estimate of drug-likeness (QED) is 0.315. The number of rotatable bonds is 11. The van der Waals surface area contributed by atoms with Gasteiger partial charge in [-0.25, -0.2) is 4.39 Å². The molecule has 1 nitrogen and oxygen atoms in total. The number of benzene rings is 1. The van der Waals surface area contributed by atoms with Gasteiger partial charge in [-0.3, -0.25) is 0 Å². The van der Waals surface area contributed by atoms with Crippen molar-refractivity contribution in [2.45, 2.75) is 116 Å². The Balaban J connectivity index is 1.46. The van der Waals surface area contributed by atoms with E-state index in [1.165, 1.54) is 64.2 Å². The minimum atomic E-state index is -0.794. The van der Waals surface area contributed by atoms with Crippen molar-refractivity contribution in [2.75, 3.05) is 6.61 Å². The van der Waals surface area contributed by atoms with Gasteiger partial charge in [0.25, 0.3) is 0 Å². The van der Waals surface area contributed by atoms with Gasteiger partial charge < -0.3 is 4.74 Å². The van der Waals surface area contributed by atoms with Crippen molar-refractivity contribution >= 4 is 0 Å². The van der Waals surface area contributed by atoms with Gasteiger partial charge in [0.15, 0.2) is 11.6 Å². The third kappa shape index (κ3) is 6.93. The van der Waals surface area contributed by atoms with Crippen molar-refractivity contribution in [1.82, 2.24) is 0 Å². The Morgan fingerprint density at radius 1 is 0.742 bits per heavy atom. The Morgan fingerprint density at radius 3 is 2.00 bits per heavy atom. The molecule has 0 bridgehead atoms. The van der Waals surface area contributed by atoms with Crippen LogP contribution in [0.2, 0.25) is 0 Å². The summed E-state index contributed by atoms with van der Waals surface area (Å²) in [5, 5.41) is 0. The molecule has 0 aliphatic heterocycles. The lowest BCUT2D eigenvalue weighted by Gasteiger charge is -2.38. The highest BCUT2D eigenvalue weighted by Gasteiger charge is 2.32. The van der Waals surface area contributed by atoms with Crippen molar-refractivity contribution in [3.05, 3.63) is 29.3 Å². The highest BCUT2D eigenvalue weighted by atomic mass is 19.2. The molecule has 0 unspecified atom stereocenters. The predicted molar refractivity (Wildman–Crippen MR) is 126 cm³/mol. The lowest BCUT2D eigenvalue weighted by atomic mass is 9.68. The molecule has 0 aromatic heterocycles. The molecule has 2 aliphatic rings. The number of unbranched alkanes of at least 4 members (excludes halogenated alkanes) is 4. The fourth-order valence-corrected chi connectivity index (χ4v) is 6.04. The largest absolute Gasteiger partial charge is 0.490 e. The van der Waals surface area contributed by atoms with E-state index in [0.29, 0.717) is 12.2 Å². The van der Waals surface area contributed by atoms with Crippen molar-refractivity contribution in [1.29, 1.82) is 0 Å². The second-order valence-electron chi connectivity index (χ2n) is 10.2. The maximum atomic E-state index is 14.8. The zero-order chi connectivity index (χ0) is 22.1. The fraction of sp³-hybridized carbons (Fsp3) is 0.786. The summed E-state index contributed by atoms with van der Waals surface area (Å²) in [6, 6.07) is 3.42. The number of halogens is 2. The SMILES string of the molecule is CCCCCOc1ccc(C2CCC([C@H]3CC[C@H](CCCCC)CC3)CC2)c(F)c1F. The third-order valence-corrected chi connectivity index (χ3v) is 8.07. The van der Waals surface area contributed by atoms with E-state index < -0.39 is 11.6 Å². The Bertz CT molecular complexity index is 643. The van der Waals surface area contributed by atoms with Gasteiger partial charge in [0.05, 0.1) is 6.61 Å². The van der Waals surface area contributed by atoms with Gasteiger partial charge in [-0.15, -0.1) is 0 Å². The molecule has 0 atom stereocenters. The highest BCUT2D eigenvalue weighted by Crippen LogP contribution is 2.45. The van der Waals surface area contributed by atoms with E-state index in [4.69, 9.17) is 4.74 Å². The summed E-state index contributed by atoms with van der Waals surface area (Å²) in [7, 11) is 0. The first-order valence-electron chi connectivity index (χ1n) is 13.2. The third-order valence-electron chi connectivity index (χ3n) is 8.07. The number of ether oxygens (including phenoxy) is 1. The van der Waals surface area contributed by atoms with Crippen LogP contribution in [-0.2, 0) is 0 Å². The molecule has 2 fully saturated rings. The average Bonchev–Trinajstić information content (AvgIpc) is 2.80. The zero-order valence-electron chi connectivity index (χ0n) is 19.9. The first-order valence-corrected chi connectivity index (χ1v) is 13.2. The molecule has 0 heterocycles. The van der Waals surface area contributed by atoms with Crippen LogP contribution in [-0.4, -0.2) is 6.61 Å². The van der Waals surface area contributed by atoms with Crippen LogP contribution >= 0.6 is 0 Å². The Kier molecular flexibility index (Phi) is 10.1. The van der Waals surface area contributed by atoms with Crippen molar-refractivity contribution in [3.63, 3.8) is 0 Å². The average molecular weight is 435 g/mol. The van der Waals surface area contributed by atoms with Crippen molar-refractivity contribution in [2.24, 2.45) is 17.8 Å². The molecule has 3 rings (SSSR count). The molecule has 3 heteroatoms.